The molecule has 18 heavy (non-hydrogen) atoms. The molecule has 0 atom stereocenters. The van der Waals surface area contributed by atoms with Crippen LogP contribution >= 0.6 is 0 Å². The highest BCUT2D eigenvalue weighted by Crippen LogP contribution is 2.06. The summed E-state index contributed by atoms with van der Waals surface area (Å²) in [6.45, 7) is 4.46. The molecule has 0 bridgehead atoms. The second-order valence-electron chi connectivity index (χ2n) is 4.71. The second kappa shape index (κ2) is 6.52. The fraction of sp³-hybridized carbons (Fsp3) is 0.500. The van der Waals surface area contributed by atoms with Gasteiger partial charge in [0.1, 0.15) is 0 Å². The summed E-state index contributed by atoms with van der Waals surface area (Å²) in [6, 6.07) is 7.48. The molecule has 4 heteroatoms. The van der Waals surface area contributed by atoms with Gasteiger partial charge in [-0.2, -0.15) is 0 Å². The number of hydrogen-bond acceptors (Lipinski definition) is 3. The fourth-order valence-corrected chi connectivity index (χ4v) is 2.28. The Balaban J connectivity index is 1.79. The molecule has 4 nitrogen and oxygen atoms in total. The molecule has 1 fully saturated rings. The summed E-state index contributed by atoms with van der Waals surface area (Å²) in [7, 11) is 0. The molecule has 0 spiro atoms. The predicted molar refractivity (Wildman–Crippen MR) is 72.3 cm³/mol. The van der Waals surface area contributed by atoms with Crippen molar-refractivity contribution in [3.05, 3.63) is 35.4 Å². The molecule has 1 saturated heterocycles. The van der Waals surface area contributed by atoms with Gasteiger partial charge in [0.05, 0.1) is 0 Å². The molecule has 0 aliphatic carbocycles. The summed E-state index contributed by atoms with van der Waals surface area (Å²) < 4.78 is 0. The van der Waals surface area contributed by atoms with Crippen LogP contribution in [0.5, 0.6) is 0 Å². The third-order valence-corrected chi connectivity index (χ3v) is 3.34. The maximum Gasteiger partial charge on any atom is 0.251 e. The van der Waals surface area contributed by atoms with Crippen molar-refractivity contribution in [2.45, 2.75) is 19.4 Å². The fourth-order valence-electron chi connectivity index (χ4n) is 2.28. The van der Waals surface area contributed by atoms with Crippen LogP contribution in [0.2, 0.25) is 0 Å². The number of carbonyl (C=O) groups excluding carboxylic acids is 1. The molecule has 1 amide bonds. The van der Waals surface area contributed by atoms with Gasteiger partial charge in [0, 0.05) is 25.2 Å². The maximum atomic E-state index is 11.9. The summed E-state index contributed by atoms with van der Waals surface area (Å²) in [5.41, 5.74) is 7.25. The van der Waals surface area contributed by atoms with Crippen LogP contribution in [-0.2, 0) is 6.54 Å². The number of nitrogens with two attached hydrogens (primary N) is 1. The third kappa shape index (κ3) is 3.55. The summed E-state index contributed by atoms with van der Waals surface area (Å²) >= 11 is 0. The molecule has 1 aromatic carbocycles. The Hall–Kier alpha value is -1.39. The van der Waals surface area contributed by atoms with Crippen molar-refractivity contribution in [1.82, 2.24) is 10.2 Å². The lowest BCUT2D eigenvalue weighted by molar-refractivity contribution is 0.0949. The van der Waals surface area contributed by atoms with Crippen molar-refractivity contribution in [2.75, 3.05) is 26.2 Å². The third-order valence-electron chi connectivity index (χ3n) is 3.34. The first-order chi connectivity index (χ1) is 8.79. The molecule has 1 aliphatic heterocycles. The van der Waals surface area contributed by atoms with Gasteiger partial charge in [-0.1, -0.05) is 12.1 Å². The monoisotopic (exact) mass is 247 g/mol. The van der Waals surface area contributed by atoms with E-state index in [0.29, 0.717) is 18.7 Å². The van der Waals surface area contributed by atoms with Crippen molar-refractivity contribution in [2.24, 2.45) is 5.73 Å². The maximum absolute atomic E-state index is 11.9. The molecule has 1 heterocycles. The zero-order chi connectivity index (χ0) is 12.8. The van der Waals surface area contributed by atoms with Gasteiger partial charge in [0.25, 0.3) is 5.91 Å². The summed E-state index contributed by atoms with van der Waals surface area (Å²) in [4.78, 5) is 14.3. The Morgan fingerprint density at radius 2 is 2.11 bits per heavy atom. The van der Waals surface area contributed by atoms with E-state index in [1.54, 1.807) is 0 Å². The number of carbonyl (C=O) groups is 1. The molecule has 98 valence electrons. The molecule has 0 aromatic heterocycles. The van der Waals surface area contributed by atoms with Crippen LogP contribution < -0.4 is 11.1 Å². The summed E-state index contributed by atoms with van der Waals surface area (Å²) in [5, 5.41) is 2.96. The Kier molecular flexibility index (Phi) is 4.73. The zero-order valence-corrected chi connectivity index (χ0v) is 10.7. The highest BCUT2D eigenvalue weighted by molar-refractivity contribution is 5.94. The van der Waals surface area contributed by atoms with Crippen molar-refractivity contribution < 1.29 is 4.79 Å². The van der Waals surface area contributed by atoms with Gasteiger partial charge in [0.2, 0.25) is 0 Å². The summed E-state index contributed by atoms with van der Waals surface area (Å²) in [5.74, 6) is -0.00973. The quantitative estimate of drug-likeness (QED) is 0.815. The lowest BCUT2D eigenvalue weighted by atomic mass is 10.1. The van der Waals surface area contributed by atoms with Crippen LogP contribution in [0.4, 0.5) is 0 Å². The normalized spacial score (nSPS) is 15.8. The van der Waals surface area contributed by atoms with E-state index >= 15 is 0 Å². The SMILES string of the molecule is NCc1cccc(C(=O)NCCN2CCCC2)c1. The van der Waals surface area contributed by atoms with E-state index in [1.165, 1.54) is 25.9 Å². The Labute approximate surface area is 108 Å². The standard InChI is InChI=1S/C14H21N3O/c15-11-12-4-3-5-13(10-12)14(18)16-6-9-17-7-1-2-8-17/h3-5,10H,1-2,6-9,11,15H2,(H,16,18). The molecular formula is C14H21N3O. The van der Waals surface area contributed by atoms with Gasteiger partial charge in [-0.05, 0) is 43.6 Å². The molecule has 2 rings (SSSR count). The number of likely N-dealkylation sites (tertiary alicyclic amines) is 1. The Morgan fingerprint density at radius 3 is 2.83 bits per heavy atom. The van der Waals surface area contributed by atoms with E-state index < -0.39 is 0 Å². The minimum absolute atomic E-state index is 0.00973. The van der Waals surface area contributed by atoms with E-state index in [0.717, 1.165) is 12.1 Å². The molecule has 0 unspecified atom stereocenters. The first kappa shape index (κ1) is 13.1. The van der Waals surface area contributed by atoms with Crippen molar-refractivity contribution >= 4 is 5.91 Å². The highest BCUT2D eigenvalue weighted by atomic mass is 16.1. The lowest BCUT2D eigenvalue weighted by Gasteiger charge is -2.14. The Bertz CT molecular complexity index is 400. The molecule has 0 saturated carbocycles. The van der Waals surface area contributed by atoms with Crippen LogP contribution in [0, 0.1) is 0 Å². The van der Waals surface area contributed by atoms with Crippen LogP contribution in [0.1, 0.15) is 28.8 Å². The smallest absolute Gasteiger partial charge is 0.251 e. The lowest BCUT2D eigenvalue weighted by Crippen LogP contribution is -2.33. The van der Waals surface area contributed by atoms with Crippen molar-refractivity contribution in [1.29, 1.82) is 0 Å². The van der Waals surface area contributed by atoms with Gasteiger partial charge in [-0.25, -0.2) is 0 Å². The van der Waals surface area contributed by atoms with E-state index in [9.17, 15) is 4.79 Å². The van der Waals surface area contributed by atoms with Crippen LogP contribution in [-0.4, -0.2) is 37.0 Å². The van der Waals surface area contributed by atoms with Crippen LogP contribution in [0.15, 0.2) is 24.3 Å². The number of benzene rings is 1. The van der Waals surface area contributed by atoms with Crippen molar-refractivity contribution in [3.63, 3.8) is 0 Å². The number of rotatable bonds is 5. The van der Waals surface area contributed by atoms with E-state index in [4.69, 9.17) is 5.73 Å². The predicted octanol–water partition coefficient (Wildman–Crippen LogP) is 0.971. The number of nitrogens with one attached hydrogen (secondary N) is 1. The zero-order valence-electron chi connectivity index (χ0n) is 10.7. The van der Waals surface area contributed by atoms with Gasteiger partial charge >= 0.3 is 0 Å². The molecular weight excluding hydrogens is 226 g/mol. The van der Waals surface area contributed by atoms with E-state index in [2.05, 4.69) is 10.2 Å². The van der Waals surface area contributed by atoms with E-state index in [1.807, 2.05) is 24.3 Å². The molecule has 1 aliphatic rings. The second-order valence-corrected chi connectivity index (χ2v) is 4.71. The average Bonchev–Trinajstić information content (AvgIpc) is 2.92. The number of nitrogens with zero attached hydrogens (tertiary/aromatic N) is 1. The first-order valence-corrected chi connectivity index (χ1v) is 6.59. The minimum Gasteiger partial charge on any atom is -0.351 e. The first-order valence-electron chi connectivity index (χ1n) is 6.59. The molecule has 3 N–H and O–H groups in total. The minimum atomic E-state index is -0.00973. The highest BCUT2D eigenvalue weighted by Gasteiger charge is 2.11. The Morgan fingerprint density at radius 1 is 1.33 bits per heavy atom. The number of amides is 1. The van der Waals surface area contributed by atoms with Crippen molar-refractivity contribution in [3.8, 4) is 0 Å². The largest absolute Gasteiger partial charge is 0.351 e. The van der Waals surface area contributed by atoms with Gasteiger partial charge in [-0.15, -0.1) is 0 Å². The average molecular weight is 247 g/mol. The molecule has 0 radical (unpaired) electrons. The van der Waals surface area contributed by atoms with Crippen LogP contribution in [0.3, 0.4) is 0 Å². The van der Waals surface area contributed by atoms with E-state index in [-0.39, 0.29) is 5.91 Å². The molecule has 1 aromatic rings. The van der Waals surface area contributed by atoms with Gasteiger partial charge in [-0.3, -0.25) is 4.79 Å². The topological polar surface area (TPSA) is 58.4 Å². The van der Waals surface area contributed by atoms with Gasteiger partial charge < -0.3 is 16.0 Å². The summed E-state index contributed by atoms with van der Waals surface area (Å²) in [6.07, 6.45) is 2.57. The van der Waals surface area contributed by atoms with Gasteiger partial charge in [0.15, 0.2) is 0 Å². The van der Waals surface area contributed by atoms with Crippen LogP contribution in [0.25, 0.3) is 0 Å². The number of hydrogen-bond donors (Lipinski definition) is 2.